The van der Waals surface area contributed by atoms with Crippen LogP contribution in [0, 0.1) is 0 Å². The number of rotatable bonds is 11. The van der Waals surface area contributed by atoms with E-state index in [9.17, 15) is 0 Å². The molecule has 1 aromatic carbocycles. The lowest BCUT2D eigenvalue weighted by atomic mass is 10.2. The summed E-state index contributed by atoms with van der Waals surface area (Å²) in [6.07, 6.45) is 0.998. The lowest BCUT2D eigenvalue weighted by Gasteiger charge is -2.09. The van der Waals surface area contributed by atoms with Crippen LogP contribution in [0.5, 0.6) is 11.5 Å². The van der Waals surface area contributed by atoms with Gasteiger partial charge in [-0.3, -0.25) is 0 Å². The number of aromatic nitrogens is 3. The summed E-state index contributed by atoms with van der Waals surface area (Å²) in [5.74, 6) is 2.23. The molecule has 0 aliphatic rings. The topological polar surface area (TPSA) is 69.2 Å². The van der Waals surface area contributed by atoms with E-state index in [-0.39, 0.29) is 0 Å². The molecule has 0 radical (unpaired) electrons. The van der Waals surface area contributed by atoms with E-state index in [2.05, 4.69) is 38.4 Å². The first kappa shape index (κ1) is 22.1. The van der Waals surface area contributed by atoms with Gasteiger partial charge in [-0.2, -0.15) is 0 Å². The molecule has 0 saturated carbocycles. The first-order valence-corrected chi connectivity index (χ1v) is 13.3. The quantitative estimate of drug-likeness (QED) is 0.256. The van der Waals surface area contributed by atoms with E-state index in [1.165, 1.54) is 4.88 Å². The second kappa shape index (κ2) is 10.9. The lowest BCUT2D eigenvalue weighted by molar-refractivity contribution is 0.311. The number of thiazole rings is 1. The van der Waals surface area contributed by atoms with Crippen molar-refractivity contribution in [1.29, 1.82) is 0 Å². The summed E-state index contributed by atoms with van der Waals surface area (Å²) in [6.45, 7) is 3.42. The molecule has 10 heteroatoms. The molecule has 0 aliphatic heterocycles. The van der Waals surface area contributed by atoms with Gasteiger partial charge in [0.1, 0.15) is 5.01 Å². The van der Waals surface area contributed by atoms with Crippen molar-refractivity contribution in [2.75, 3.05) is 25.6 Å². The van der Waals surface area contributed by atoms with Gasteiger partial charge in [-0.1, -0.05) is 29.2 Å². The predicted molar refractivity (Wildman–Crippen MR) is 131 cm³/mol. The van der Waals surface area contributed by atoms with Crippen LogP contribution in [0.1, 0.15) is 17.5 Å². The van der Waals surface area contributed by atoms with Crippen molar-refractivity contribution < 1.29 is 9.47 Å². The van der Waals surface area contributed by atoms with Crippen LogP contribution in [0.15, 0.2) is 45.4 Å². The Morgan fingerprint density at radius 2 is 2.06 bits per heavy atom. The highest BCUT2D eigenvalue weighted by Crippen LogP contribution is 2.35. The Kier molecular flexibility index (Phi) is 7.79. The van der Waals surface area contributed by atoms with Gasteiger partial charge in [-0.05, 0) is 43.0 Å². The number of hydrogen-bond acceptors (Lipinski definition) is 10. The fourth-order valence-electron chi connectivity index (χ4n) is 2.80. The average molecular weight is 491 g/mol. The molecule has 1 N–H and O–H groups in total. The summed E-state index contributed by atoms with van der Waals surface area (Å²) in [7, 11) is 1.65. The Hall–Kier alpha value is -2.14. The van der Waals surface area contributed by atoms with Crippen molar-refractivity contribution in [3.05, 3.63) is 51.7 Å². The van der Waals surface area contributed by atoms with Crippen molar-refractivity contribution in [1.82, 2.24) is 15.2 Å². The molecule has 31 heavy (non-hydrogen) atoms. The molecule has 0 unspecified atom stereocenters. The minimum Gasteiger partial charge on any atom is -0.493 e. The summed E-state index contributed by atoms with van der Waals surface area (Å²) in [4.78, 5) is 6.15. The zero-order chi connectivity index (χ0) is 21.5. The maximum absolute atomic E-state index is 5.60. The number of anilines is 1. The molecule has 3 heterocycles. The molecular formula is C21H22N4O2S4. The summed E-state index contributed by atoms with van der Waals surface area (Å²) in [5, 5.41) is 17.9. The van der Waals surface area contributed by atoms with Crippen LogP contribution < -0.4 is 14.8 Å². The molecule has 0 saturated heterocycles. The Morgan fingerprint density at radius 1 is 1.13 bits per heavy atom. The van der Waals surface area contributed by atoms with E-state index in [1.807, 2.05) is 25.1 Å². The zero-order valence-electron chi connectivity index (χ0n) is 17.2. The molecule has 162 valence electrons. The lowest BCUT2D eigenvalue weighted by Crippen LogP contribution is -2.03. The molecule has 0 aliphatic carbocycles. The van der Waals surface area contributed by atoms with E-state index in [0.717, 1.165) is 56.0 Å². The normalized spacial score (nSPS) is 10.9. The summed E-state index contributed by atoms with van der Waals surface area (Å²) in [5.41, 5.74) is 2.05. The third-order valence-electron chi connectivity index (χ3n) is 4.24. The van der Waals surface area contributed by atoms with Crippen LogP contribution in [0.25, 0.3) is 10.6 Å². The number of nitrogens with zero attached hydrogens (tertiary/aromatic N) is 3. The molecule has 0 fully saturated rings. The Labute approximate surface area is 197 Å². The minimum atomic E-state index is 0.603. The van der Waals surface area contributed by atoms with E-state index >= 15 is 0 Å². The average Bonchev–Trinajstić information content (AvgIpc) is 3.55. The Morgan fingerprint density at radius 3 is 2.87 bits per heavy atom. The van der Waals surface area contributed by atoms with Crippen LogP contribution in [0.4, 0.5) is 5.13 Å². The van der Waals surface area contributed by atoms with Crippen molar-refractivity contribution in [3.8, 4) is 22.1 Å². The molecule has 6 nitrogen and oxygen atoms in total. The van der Waals surface area contributed by atoms with Gasteiger partial charge in [-0.25, -0.2) is 4.98 Å². The van der Waals surface area contributed by atoms with Gasteiger partial charge in [0, 0.05) is 28.1 Å². The fraction of sp³-hybridized carbons (Fsp3) is 0.286. The first-order chi connectivity index (χ1) is 15.2. The second-order valence-corrected chi connectivity index (χ2v) is 10.5. The van der Waals surface area contributed by atoms with Gasteiger partial charge >= 0.3 is 0 Å². The number of benzene rings is 1. The molecule has 0 amide bonds. The van der Waals surface area contributed by atoms with Crippen molar-refractivity contribution in [2.24, 2.45) is 0 Å². The van der Waals surface area contributed by atoms with E-state index in [4.69, 9.17) is 14.5 Å². The largest absolute Gasteiger partial charge is 0.493 e. The third kappa shape index (κ3) is 5.97. The number of thioether (sulfide) groups is 1. The number of nitrogens with one attached hydrogen (secondary N) is 1. The van der Waals surface area contributed by atoms with Gasteiger partial charge in [0.05, 0.1) is 19.4 Å². The van der Waals surface area contributed by atoms with Gasteiger partial charge in [0.15, 0.2) is 15.8 Å². The fourth-order valence-corrected chi connectivity index (χ4v) is 6.11. The zero-order valence-corrected chi connectivity index (χ0v) is 20.4. The Balaban J connectivity index is 1.31. The summed E-state index contributed by atoms with van der Waals surface area (Å²) in [6, 6.07) is 10.2. The highest BCUT2D eigenvalue weighted by Gasteiger charge is 2.11. The minimum absolute atomic E-state index is 0.603. The molecule has 4 rings (SSSR count). The van der Waals surface area contributed by atoms with Gasteiger partial charge in [0.2, 0.25) is 5.13 Å². The smallest absolute Gasteiger partial charge is 0.206 e. The molecule has 0 atom stereocenters. The van der Waals surface area contributed by atoms with E-state index in [0.29, 0.717) is 6.61 Å². The van der Waals surface area contributed by atoms with E-state index in [1.54, 1.807) is 52.9 Å². The molecular weight excluding hydrogens is 469 g/mol. The van der Waals surface area contributed by atoms with Crippen molar-refractivity contribution >= 4 is 50.9 Å². The number of methoxy groups -OCH3 is 1. The maximum atomic E-state index is 5.60. The van der Waals surface area contributed by atoms with Crippen LogP contribution in [0.3, 0.4) is 0 Å². The summed E-state index contributed by atoms with van der Waals surface area (Å²) < 4.78 is 12.0. The van der Waals surface area contributed by atoms with Gasteiger partial charge in [-0.15, -0.1) is 32.9 Å². The number of ether oxygens (including phenoxy) is 2. The second-order valence-electron chi connectivity index (χ2n) is 6.36. The maximum Gasteiger partial charge on any atom is 0.206 e. The predicted octanol–water partition coefficient (Wildman–Crippen LogP) is 6.08. The number of hydrogen-bond donors (Lipinski definition) is 1. The van der Waals surface area contributed by atoms with Crippen molar-refractivity contribution in [3.63, 3.8) is 0 Å². The molecule has 0 spiro atoms. The molecule has 4 aromatic rings. The third-order valence-corrected chi connectivity index (χ3v) is 8.16. The molecule has 0 bridgehead atoms. The van der Waals surface area contributed by atoms with Crippen LogP contribution >= 0.6 is 45.8 Å². The van der Waals surface area contributed by atoms with Crippen LogP contribution in [0.2, 0.25) is 0 Å². The van der Waals surface area contributed by atoms with Gasteiger partial charge in [0.25, 0.3) is 0 Å². The summed E-state index contributed by atoms with van der Waals surface area (Å²) >= 11 is 6.64. The SMILES string of the molecule is CCOc1ccc(-c2nc(CSc3nnc(NCCc4cccs4)s3)cs2)cc1OC. The highest BCUT2D eigenvalue weighted by atomic mass is 32.2. The van der Waals surface area contributed by atoms with Crippen molar-refractivity contribution in [2.45, 2.75) is 23.4 Å². The van der Waals surface area contributed by atoms with Crippen LogP contribution in [-0.4, -0.2) is 35.4 Å². The van der Waals surface area contributed by atoms with Gasteiger partial charge < -0.3 is 14.8 Å². The highest BCUT2D eigenvalue weighted by molar-refractivity contribution is 8.00. The van der Waals surface area contributed by atoms with Crippen LogP contribution in [-0.2, 0) is 12.2 Å². The standard InChI is InChI=1S/C21H22N4O2S4/c1-3-27-17-7-6-14(11-18(17)26-2)19-23-15(12-29-19)13-30-21-25-24-20(31-21)22-9-8-16-5-4-10-28-16/h4-7,10-12H,3,8-9,13H2,1-2H3,(H,22,24). The monoisotopic (exact) mass is 490 g/mol. The van der Waals surface area contributed by atoms with E-state index < -0.39 is 0 Å². The number of thiophene rings is 1. The molecule has 3 aromatic heterocycles. The Bertz CT molecular complexity index is 1090. The first-order valence-electron chi connectivity index (χ1n) is 9.73.